The third kappa shape index (κ3) is 3.21. The van der Waals surface area contributed by atoms with Gasteiger partial charge >= 0.3 is 0 Å². The molecule has 0 aliphatic heterocycles. The largest absolute Gasteiger partial charge is 0.304 e. The third-order valence-electron chi connectivity index (χ3n) is 3.60. The predicted molar refractivity (Wildman–Crippen MR) is 95.5 cm³/mol. The number of aryl methyl sites for hydroxylation is 2. The SMILES string of the molecule is Cc1ccc(-n2nnc(C(=O)Nc3ncc(C)cc3Br)c2C)cc1. The van der Waals surface area contributed by atoms with Crippen LogP contribution in [0.25, 0.3) is 5.69 Å². The van der Waals surface area contributed by atoms with Crippen LogP contribution in [-0.4, -0.2) is 25.9 Å². The molecule has 2 aromatic heterocycles. The van der Waals surface area contributed by atoms with Crippen molar-refractivity contribution in [3.8, 4) is 5.69 Å². The number of benzene rings is 1. The lowest BCUT2D eigenvalue weighted by Crippen LogP contribution is -2.15. The van der Waals surface area contributed by atoms with Crippen molar-refractivity contribution in [3.05, 3.63) is 63.5 Å². The Morgan fingerprint density at radius 3 is 2.50 bits per heavy atom. The van der Waals surface area contributed by atoms with Crippen LogP contribution in [0.2, 0.25) is 0 Å². The van der Waals surface area contributed by atoms with Crippen molar-refractivity contribution in [2.45, 2.75) is 20.8 Å². The maximum Gasteiger partial charge on any atom is 0.279 e. The average Bonchev–Trinajstić information content (AvgIpc) is 2.92. The predicted octanol–water partition coefficient (Wildman–Crippen LogP) is 3.60. The minimum Gasteiger partial charge on any atom is -0.304 e. The maximum atomic E-state index is 12.5. The molecule has 3 rings (SSSR count). The van der Waals surface area contributed by atoms with E-state index in [0.29, 0.717) is 11.5 Å². The van der Waals surface area contributed by atoms with Gasteiger partial charge in [0.05, 0.1) is 15.9 Å². The van der Waals surface area contributed by atoms with E-state index in [4.69, 9.17) is 0 Å². The Morgan fingerprint density at radius 1 is 1.12 bits per heavy atom. The summed E-state index contributed by atoms with van der Waals surface area (Å²) in [7, 11) is 0. The van der Waals surface area contributed by atoms with Crippen molar-refractivity contribution in [3.63, 3.8) is 0 Å². The van der Waals surface area contributed by atoms with Crippen molar-refractivity contribution in [2.24, 2.45) is 0 Å². The number of amides is 1. The minimum absolute atomic E-state index is 0.268. The Labute approximate surface area is 148 Å². The fourth-order valence-corrected chi connectivity index (χ4v) is 2.83. The van der Waals surface area contributed by atoms with E-state index in [1.807, 2.05) is 51.1 Å². The van der Waals surface area contributed by atoms with E-state index in [9.17, 15) is 4.79 Å². The number of hydrogen-bond donors (Lipinski definition) is 1. The fraction of sp³-hybridized carbons (Fsp3) is 0.176. The lowest BCUT2D eigenvalue weighted by Gasteiger charge is -2.06. The summed E-state index contributed by atoms with van der Waals surface area (Å²) < 4.78 is 2.37. The van der Waals surface area contributed by atoms with E-state index in [1.54, 1.807) is 10.9 Å². The highest BCUT2D eigenvalue weighted by Gasteiger charge is 2.18. The van der Waals surface area contributed by atoms with Gasteiger partial charge in [-0.1, -0.05) is 22.9 Å². The van der Waals surface area contributed by atoms with Gasteiger partial charge in [-0.2, -0.15) is 0 Å². The molecule has 0 atom stereocenters. The molecule has 0 fully saturated rings. The topological polar surface area (TPSA) is 72.7 Å². The molecule has 0 radical (unpaired) electrons. The van der Waals surface area contributed by atoms with Crippen molar-refractivity contribution in [2.75, 3.05) is 5.32 Å². The first-order valence-corrected chi connectivity index (χ1v) is 8.18. The molecule has 1 aromatic carbocycles. The highest BCUT2D eigenvalue weighted by molar-refractivity contribution is 9.10. The van der Waals surface area contributed by atoms with Crippen LogP contribution in [-0.2, 0) is 0 Å². The lowest BCUT2D eigenvalue weighted by molar-refractivity contribution is 0.102. The zero-order chi connectivity index (χ0) is 17.3. The van der Waals surface area contributed by atoms with Crippen LogP contribution < -0.4 is 5.32 Å². The Hall–Kier alpha value is -2.54. The number of carbonyl (C=O) groups excluding carboxylic acids is 1. The van der Waals surface area contributed by atoms with Gasteiger partial charge in [-0.25, -0.2) is 9.67 Å². The molecule has 6 nitrogen and oxygen atoms in total. The molecule has 1 N–H and O–H groups in total. The third-order valence-corrected chi connectivity index (χ3v) is 4.20. The zero-order valence-corrected chi connectivity index (χ0v) is 15.1. The molecule has 0 bridgehead atoms. The number of nitrogens with one attached hydrogen (secondary N) is 1. The molecule has 0 saturated heterocycles. The minimum atomic E-state index is -0.345. The van der Waals surface area contributed by atoms with Crippen LogP contribution in [0.5, 0.6) is 0 Å². The van der Waals surface area contributed by atoms with E-state index >= 15 is 0 Å². The molecule has 7 heteroatoms. The highest BCUT2D eigenvalue weighted by Crippen LogP contribution is 2.21. The molecule has 2 heterocycles. The smallest absolute Gasteiger partial charge is 0.279 e. The van der Waals surface area contributed by atoms with Gasteiger partial charge in [-0.15, -0.1) is 5.10 Å². The van der Waals surface area contributed by atoms with Gasteiger partial charge in [0.1, 0.15) is 5.82 Å². The number of aromatic nitrogens is 4. The van der Waals surface area contributed by atoms with Crippen LogP contribution in [0, 0.1) is 20.8 Å². The molecule has 24 heavy (non-hydrogen) atoms. The van der Waals surface area contributed by atoms with Gasteiger partial charge in [0.25, 0.3) is 5.91 Å². The van der Waals surface area contributed by atoms with Gasteiger partial charge in [0, 0.05) is 6.20 Å². The lowest BCUT2D eigenvalue weighted by atomic mass is 10.2. The van der Waals surface area contributed by atoms with Crippen LogP contribution >= 0.6 is 15.9 Å². The highest BCUT2D eigenvalue weighted by atomic mass is 79.9. The van der Waals surface area contributed by atoms with Crippen LogP contribution in [0.1, 0.15) is 27.3 Å². The van der Waals surface area contributed by atoms with Crippen molar-refractivity contribution < 1.29 is 4.79 Å². The summed E-state index contributed by atoms with van der Waals surface area (Å²) in [5, 5.41) is 10.9. The van der Waals surface area contributed by atoms with Crippen LogP contribution in [0.3, 0.4) is 0 Å². The van der Waals surface area contributed by atoms with E-state index < -0.39 is 0 Å². The van der Waals surface area contributed by atoms with E-state index in [2.05, 4.69) is 36.5 Å². The Morgan fingerprint density at radius 2 is 1.83 bits per heavy atom. The quantitative estimate of drug-likeness (QED) is 0.747. The average molecular weight is 386 g/mol. The summed E-state index contributed by atoms with van der Waals surface area (Å²) in [5.41, 5.74) is 3.95. The second kappa shape index (κ2) is 6.52. The van der Waals surface area contributed by atoms with Gasteiger partial charge in [-0.05, 0) is 60.5 Å². The number of pyridine rings is 1. The van der Waals surface area contributed by atoms with Crippen LogP contribution in [0.15, 0.2) is 41.0 Å². The number of hydrogen-bond acceptors (Lipinski definition) is 4. The molecule has 0 aliphatic carbocycles. The first-order valence-electron chi connectivity index (χ1n) is 7.38. The van der Waals surface area contributed by atoms with Gasteiger partial charge in [-0.3, -0.25) is 4.79 Å². The zero-order valence-electron chi connectivity index (χ0n) is 13.5. The normalized spacial score (nSPS) is 10.7. The Balaban J connectivity index is 1.87. The van der Waals surface area contributed by atoms with E-state index in [0.717, 1.165) is 21.3 Å². The summed E-state index contributed by atoms with van der Waals surface area (Å²) >= 11 is 3.40. The molecular weight excluding hydrogens is 370 g/mol. The number of carbonyl (C=O) groups is 1. The summed E-state index contributed by atoms with van der Waals surface area (Å²) in [6, 6.07) is 9.75. The monoisotopic (exact) mass is 385 g/mol. The summed E-state index contributed by atoms with van der Waals surface area (Å²) in [6.07, 6.45) is 1.69. The molecule has 3 aromatic rings. The van der Waals surface area contributed by atoms with Gasteiger partial charge in [0.15, 0.2) is 5.69 Å². The number of nitrogens with zero attached hydrogens (tertiary/aromatic N) is 4. The second-order valence-corrected chi connectivity index (χ2v) is 6.42. The summed E-state index contributed by atoms with van der Waals surface area (Å²) in [6.45, 7) is 5.76. The molecule has 1 amide bonds. The van der Waals surface area contributed by atoms with E-state index in [1.165, 1.54) is 0 Å². The Kier molecular flexibility index (Phi) is 4.44. The molecular formula is C17H16BrN5O. The first-order chi connectivity index (χ1) is 11.5. The fourth-order valence-electron chi connectivity index (χ4n) is 2.26. The van der Waals surface area contributed by atoms with Gasteiger partial charge < -0.3 is 5.32 Å². The van der Waals surface area contributed by atoms with Crippen molar-refractivity contribution in [1.29, 1.82) is 0 Å². The van der Waals surface area contributed by atoms with E-state index in [-0.39, 0.29) is 11.6 Å². The first kappa shape index (κ1) is 16.3. The molecule has 0 saturated carbocycles. The van der Waals surface area contributed by atoms with Crippen molar-refractivity contribution >= 4 is 27.7 Å². The van der Waals surface area contributed by atoms with Crippen molar-refractivity contribution in [1.82, 2.24) is 20.0 Å². The number of halogens is 1. The second-order valence-electron chi connectivity index (χ2n) is 5.57. The number of rotatable bonds is 3. The standard InChI is InChI=1S/C17H16BrN5O/c1-10-4-6-13(7-5-10)23-12(3)15(21-22-23)17(24)20-16-14(18)8-11(2)9-19-16/h4-9H,1-3H3,(H,19,20,24). The molecule has 122 valence electrons. The molecule has 0 spiro atoms. The number of anilines is 1. The maximum absolute atomic E-state index is 12.5. The van der Waals surface area contributed by atoms with Gasteiger partial charge in [0.2, 0.25) is 0 Å². The molecule has 0 aliphatic rings. The molecule has 0 unspecified atom stereocenters. The summed E-state index contributed by atoms with van der Waals surface area (Å²) in [5.74, 6) is 0.109. The summed E-state index contributed by atoms with van der Waals surface area (Å²) in [4.78, 5) is 16.7. The van der Waals surface area contributed by atoms with Crippen LogP contribution in [0.4, 0.5) is 5.82 Å². The Bertz CT molecular complexity index is 902.